The lowest BCUT2D eigenvalue weighted by Gasteiger charge is -2.13. The maximum Gasteiger partial charge on any atom is 0.140 e. The molecule has 3 N–H and O–H groups in total. The molecular formula is C11H13BrN4S. The van der Waals surface area contributed by atoms with Crippen LogP contribution in [0.15, 0.2) is 22.9 Å². The molecule has 0 aliphatic heterocycles. The van der Waals surface area contributed by atoms with Crippen molar-refractivity contribution in [2.24, 2.45) is 0 Å². The third kappa shape index (κ3) is 2.95. The summed E-state index contributed by atoms with van der Waals surface area (Å²) in [5.74, 6) is 0.777. The normalized spacial score (nSPS) is 12.4. The standard InChI is InChI=1S/C11H13BrN4S/c1-6-4-15-11(17-6)7(2)16-10-9(12)3-8(13)5-14-10/h3-5,7H,13H2,1-2H3,(H,14,16). The summed E-state index contributed by atoms with van der Waals surface area (Å²) in [6.07, 6.45) is 3.51. The van der Waals surface area contributed by atoms with Crippen molar-refractivity contribution in [2.75, 3.05) is 11.1 Å². The van der Waals surface area contributed by atoms with Gasteiger partial charge in [-0.15, -0.1) is 11.3 Å². The molecule has 0 spiro atoms. The summed E-state index contributed by atoms with van der Waals surface area (Å²) in [5, 5.41) is 4.35. The third-order valence-corrected chi connectivity index (χ3v) is 3.93. The van der Waals surface area contributed by atoms with Gasteiger partial charge in [-0.3, -0.25) is 0 Å². The second-order valence-corrected chi connectivity index (χ2v) is 5.89. The van der Waals surface area contributed by atoms with Crippen molar-refractivity contribution in [3.05, 3.63) is 32.8 Å². The SMILES string of the molecule is Cc1cnc(C(C)Nc2ncc(N)cc2Br)s1. The number of halogens is 1. The van der Waals surface area contributed by atoms with E-state index in [0.29, 0.717) is 5.69 Å². The summed E-state index contributed by atoms with van der Waals surface area (Å²) < 4.78 is 0.859. The van der Waals surface area contributed by atoms with E-state index in [2.05, 4.69) is 38.1 Å². The number of aryl methyl sites for hydroxylation is 1. The minimum absolute atomic E-state index is 0.126. The van der Waals surface area contributed by atoms with Crippen molar-refractivity contribution >= 4 is 38.8 Å². The third-order valence-electron chi connectivity index (χ3n) is 2.23. The highest BCUT2D eigenvalue weighted by Crippen LogP contribution is 2.27. The number of hydrogen-bond donors (Lipinski definition) is 2. The van der Waals surface area contributed by atoms with Crippen molar-refractivity contribution in [1.29, 1.82) is 0 Å². The van der Waals surface area contributed by atoms with Crippen molar-refractivity contribution in [3.63, 3.8) is 0 Å². The zero-order valence-electron chi connectivity index (χ0n) is 9.57. The van der Waals surface area contributed by atoms with Gasteiger partial charge >= 0.3 is 0 Å². The van der Waals surface area contributed by atoms with Crippen molar-refractivity contribution in [3.8, 4) is 0 Å². The van der Waals surface area contributed by atoms with Crippen molar-refractivity contribution in [1.82, 2.24) is 9.97 Å². The molecule has 2 aromatic rings. The Hall–Kier alpha value is -1.14. The predicted octanol–water partition coefficient (Wildman–Crippen LogP) is 3.36. The highest BCUT2D eigenvalue weighted by Gasteiger charge is 2.11. The first kappa shape index (κ1) is 12.3. The molecule has 17 heavy (non-hydrogen) atoms. The summed E-state index contributed by atoms with van der Waals surface area (Å²) in [6.45, 7) is 4.11. The Balaban J connectivity index is 2.15. The van der Waals surface area contributed by atoms with Gasteiger partial charge in [-0.1, -0.05) is 0 Å². The molecule has 0 aliphatic carbocycles. The van der Waals surface area contributed by atoms with Crippen LogP contribution in [0.3, 0.4) is 0 Å². The van der Waals surface area contributed by atoms with Crippen LogP contribution in [0, 0.1) is 6.92 Å². The van der Waals surface area contributed by atoms with Crippen molar-refractivity contribution < 1.29 is 0 Å². The van der Waals surface area contributed by atoms with E-state index in [1.54, 1.807) is 17.5 Å². The van der Waals surface area contributed by atoms with Crippen LogP contribution in [-0.4, -0.2) is 9.97 Å². The second-order valence-electron chi connectivity index (χ2n) is 3.77. The highest BCUT2D eigenvalue weighted by atomic mass is 79.9. The maximum absolute atomic E-state index is 5.64. The highest BCUT2D eigenvalue weighted by molar-refractivity contribution is 9.10. The molecule has 1 unspecified atom stereocenters. The molecule has 0 fully saturated rings. The first-order chi connectivity index (χ1) is 8.06. The molecular weight excluding hydrogens is 300 g/mol. The summed E-state index contributed by atoms with van der Waals surface area (Å²) >= 11 is 5.11. The molecule has 0 aliphatic rings. The number of nitrogens with one attached hydrogen (secondary N) is 1. The van der Waals surface area contributed by atoms with Gasteiger partial charge in [0.1, 0.15) is 10.8 Å². The number of hydrogen-bond acceptors (Lipinski definition) is 5. The number of anilines is 2. The Bertz CT molecular complexity index is 526. The first-order valence-electron chi connectivity index (χ1n) is 5.16. The zero-order valence-corrected chi connectivity index (χ0v) is 12.0. The van der Waals surface area contributed by atoms with E-state index in [1.807, 2.05) is 19.2 Å². The Morgan fingerprint density at radius 2 is 2.18 bits per heavy atom. The van der Waals surface area contributed by atoms with Crippen molar-refractivity contribution in [2.45, 2.75) is 19.9 Å². The number of nitrogens with zero attached hydrogens (tertiary/aromatic N) is 2. The van der Waals surface area contributed by atoms with Crippen LogP contribution < -0.4 is 11.1 Å². The van der Waals surface area contributed by atoms with Gasteiger partial charge < -0.3 is 11.1 Å². The molecule has 0 aromatic carbocycles. The van der Waals surface area contributed by atoms with Gasteiger partial charge in [-0.25, -0.2) is 9.97 Å². The van der Waals surface area contributed by atoms with E-state index < -0.39 is 0 Å². The fourth-order valence-electron chi connectivity index (χ4n) is 1.40. The Morgan fingerprint density at radius 3 is 2.76 bits per heavy atom. The fraction of sp³-hybridized carbons (Fsp3) is 0.273. The number of aromatic nitrogens is 2. The minimum Gasteiger partial charge on any atom is -0.397 e. The summed E-state index contributed by atoms with van der Waals surface area (Å²) in [7, 11) is 0. The summed E-state index contributed by atoms with van der Waals surface area (Å²) in [6, 6.07) is 1.95. The lowest BCUT2D eigenvalue weighted by molar-refractivity contribution is 0.859. The molecule has 6 heteroatoms. The molecule has 2 heterocycles. The number of pyridine rings is 1. The average molecular weight is 313 g/mol. The van der Waals surface area contributed by atoms with Gasteiger partial charge in [0.2, 0.25) is 0 Å². The lowest BCUT2D eigenvalue weighted by Crippen LogP contribution is -2.08. The Kier molecular flexibility index (Phi) is 3.63. The van der Waals surface area contributed by atoms with Gasteiger partial charge in [0, 0.05) is 11.1 Å². The largest absolute Gasteiger partial charge is 0.397 e. The van der Waals surface area contributed by atoms with E-state index >= 15 is 0 Å². The lowest BCUT2D eigenvalue weighted by atomic mass is 10.3. The summed E-state index contributed by atoms with van der Waals surface area (Å²) in [5.41, 5.74) is 6.28. The van der Waals surface area contributed by atoms with Gasteiger partial charge in [-0.05, 0) is 35.8 Å². The zero-order chi connectivity index (χ0) is 12.4. The average Bonchev–Trinajstić information content (AvgIpc) is 2.69. The second kappa shape index (κ2) is 5.01. The molecule has 0 saturated carbocycles. The molecule has 4 nitrogen and oxygen atoms in total. The molecule has 0 amide bonds. The number of nitrogen functional groups attached to an aromatic ring is 1. The van der Waals surface area contributed by atoms with E-state index in [0.717, 1.165) is 15.3 Å². The van der Waals surface area contributed by atoms with E-state index in [-0.39, 0.29) is 6.04 Å². The number of thiazole rings is 1. The van der Waals surface area contributed by atoms with Crippen LogP contribution in [-0.2, 0) is 0 Å². The quantitative estimate of drug-likeness (QED) is 0.912. The number of nitrogens with two attached hydrogens (primary N) is 1. The van der Waals surface area contributed by atoms with E-state index in [9.17, 15) is 0 Å². The van der Waals surface area contributed by atoms with Gasteiger partial charge in [0.05, 0.1) is 22.4 Å². The molecule has 90 valence electrons. The van der Waals surface area contributed by atoms with Gasteiger partial charge in [-0.2, -0.15) is 0 Å². The fourth-order valence-corrected chi connectivity index (χ4v) is 2.66. The number of rotatable bonds is 3. The van der Waals surface area contributed by atoms with E-state index in [4.69, 9.17) is 5.73 Å². The van der Waals surface area contributed by atoms with Crippen LogP contribution in [0.5, 0.6) is 0 Å². The smallest absolute Gasteiger partial charge is 0.140 e. The first-order valence-corrected chi connectivity index (χ1v) is 6.77. The Morgan fingerprint density at radius 1 is 1.41 bits per heavy atom. The molecule has 2 aromatic heterocycles. The molecule has 0 bridgehead atoms. The van der Waals surface area contributed by atoms with Crippen LogP contribution in [0.1, 0.15) is 22.9 Å². The predicted molar refractivity (Wildman–Crippen MR) is 75.2 cm³/mol. The van der Waals surface area contributed by atoms with Gasteiger partial charge in [0.25, 0.3) is 0 Å². The van der Waals surface area contributed by atoms with Crippen LogP contribution in [0.2, 0.25) is 0 Å². The minimum atomic E-state index is 0.126. The topological polar surface area (TPSA) is 63.8 Å². The summed E-state index contributed by atoms with van der Waals surface area (Å²) in [4.78, 5) is 9.80. The van der Waals surface area contributed by atoms with Crippen LogP contribution in [0.4, 0.5) is 11.5 Å². The van der Waals surface area contributed by atoms with E-state index in [1.165, 1.54) is 4.88 Å². The molecule has 2 rings (SSSR count). The molecule has 0 saturated heterocycles. The van der Waals surface area contributed by atoms with Crippen LogP contribution >= 0.6 is 27.3 Å². The molecule has 1 atom stereocenters. The monoisotopic (exact) mass is 312 g/mol. The van der Waals surface area contributed by atoms with Crippen LogP contribution in [0.25, 0.3) is 0 Å². The Labute approximate surface area is 112 Å². The molecule has 0 radical (unpaired) electrons. The van der Waals surface area contributed by atoms with Gasteiger partial charge in [0.15, 0.2) is 0 Å². The maximum atomic E-state index is 5.64.